The van der Waals surface area contributed by atoms with Crippen LogP contribution in [0.3, 0.4) is 0 Å². The number of nitrogens with zero attached hydrogens (tertiary/aromatic N) is 1. The van der Waals surface area contributed by atoms with Crippen LogP contribution in [0.25, 0.3) is 0 Å². The Hall–Kier alpha value is -0.640. The smallest absolute Gasteiger partial charge is 0.229 e. The van der Waals surface area contributed by atoms with Gasteiger partial charge >= 0.3 is 0 Å². The van der Waals surface area contributed by atoms with Gasteiger partial charge in [0.2, 0.25) is 6.54 Å². The van der Waals surface area contributed by atoms with Gasteiger partial charge in [0.15, 0.2) is 0 Å². The van der Waals surface area contributed by atoms with E-state index in [4.69, 9.17) is 0 Å². The van der Waals surface area contributed by atoms with E-state index < -0.39 is 11.0 Å². The van der Waals surface area contributed by atoms with Gasteiger partial charge in [0, 0.05) is 4.92 Å². The maximum atomic E-state index is 10.1. The molecule has 1 atom stereocenters. The lowest BCUT2D eigenvalue weighted by Crippen LogP contribution is -2.18. The van der Waals surface area contributed by atoms with Crippen molar-refractivity contribution < 1.29 is 10.0 Å². The monoisotopic (exact) mass is 245 g/mol. The quantitative estimate of drug-likeness (QED) is 0.325. The molecule has 0 aliphatic rings. The fourth-order valence-corrected chi connectivity index (χ4v) is 1.95. The van der Waals surface area contributed by atoms with E-state index in [1.165, 1.54) is 44.9 Å². The van der Waals surface area contributed by atoms with Gasteiger partial charge in [0.1, 0.15) is 6.10 Å². The zero-order chi connectivity index (χ0) is 12.9. The predicted molar refractivity (Wildman–Crippen MR) is 69.7 cm³/mol. The summed E-state index contributed by atoms with van der Waals surface area (Å²) in [6, 6.07) is 0. The number of rotatable bonds is 12. The Morgan fingerprint density at radius 2 is 1.47 bits per heavy atom. The fraction of sp³-hybridized carbons (Fsp3) is 1.00. The molecule has 0 aliphatic heterocycles. The van der Waals surface area contributed by atoms with Crippen LogP contribution >= 0.6 is 0 Å². The van der Waals surface area contributed by atoms with E-state index in [2.05, 4.69) is 6.92 Å². The molecule has 0 aliphatic carbocycles. The summed E-state index contributed by atoms with van der Waals surface area (Å²) in [6.07, 6.45) is 10.9. The third kappa shape index (κ3) is 13.3. The van der Waals surface area contributed by atoms with Gasteiger partial charge in [-0.3, -0.25) is 10.1 Å². The SMILES string of the molecule is CCCCCCCCCCCC(O)C[N+](=O)[O-]. The first kappa shape index (κ1) is 16.4. The van der Waals surface area contributed by atoms with E-state index >= 15 is 0 Å². The summed E-state index contributed by atoms with van der Waals surface area (Å²) < 4.78 is 0. The summed E-state index contributed by atoms with van der Waals surface area (Å²) in [7, 11) is 0. The molecule has 4 nitrogen and oxygen atoms in total. The Bertz CT molecular complexity index is 186. The van der Waals surface area contributed by atoms with Crippen LogP contribution in [0.15, 0.2) is 0 Å². The van der Waals surface area contributed by atoms with E-state index in [0.29, 0.717) is 6.42 Å². The molecule has 0 aromatic heterocycles. The molecule has 0 saturated heterocycles. The Kier molecular flexibility index (Phi) is 11.4. The van der Waals surface area contributed by atoms with E-state index in [1.54, 1.807) is 0 Å². The van der Waals surface area contributed by atoms with E-state index in [0.717, 1.165) is 12.8 Å². The third-order valence-corrected chi connectivity index (χ3v) is 3.00. The highest BCUT2D eigenvalue weighted by Gasteiger charge is 2.09. The molecule has 1 unspecified atom stereocenters. The fourth-order valence-electron chi connectivity index (χ4n) is 1.95. The molecule has 0 fully saturated rings. The molecule has 17 heavy (non-hydrogen) atoms. The van der Waals surface area contributed by atoms with Crippen LogP contribution in [0.4, 0.5) is 0 Å². The Morgan fingerprint density at radius 1 is 1.00 bits per heavy atom. The van der Waals surface area contributed by atoms with Crippen LogP contribution in [-0.2, 0) is 0 Å². The van der Waals surface area contributed by atoms with E-state index in [1.807, 2.05) is 0 Å². The topological polar surface area (TPSA) is 63.4 Å². The van der Waals surface area contributed by atoms with Crippen LogP contribution in [0.2, 0.25) is 0 Å². The molecule has 0 bridgehead atoms. The number of unbranched alkanes of at least 4 members (excludes halogenated alkanes) is 8. The lowest BCUT2D eigenvalue weighted by atomic mass is 10.1. The highest BCUT2D eigenvalue weighted by Crippen LogP contribution is 2.11. The van der Waals surface area contributed by atoms with Crippen molar-refractivity contribution in [1.29, 1.82) is 0 Å². The van der Waals surface area contributed by atoms with Crippen molar-refractivity contribution in [2.24, 2.45) is 0 Å². The van der Waals surface area contributed by atoms with Gasteiger partial charge in [-0.1, -0.05) is 64.7 Å². The van der Waals surface area contributed by atoms with Crippen molar-refractivity contribution >= 4 is 0 Å². The molecule has 0 radical (unpaired) electrons. The first-order valence-electron chi connectivity index (χ1n) is 6.96. The van der Waals surface area contributed by atoms with Crippen molar-refractivity contribution in [3.63, 3.8) is 0 Å². The van der Waals surface area contributed by atoms with Crippen LogP contribution in [0.5, 0.6) is 0 Å². The van der Waals surface area contributed by atoms with Gasteiger partial charge in [0.05, 0.1) is 0 Å². The summed E-state index contributed by atoms with van der Waals surface area (Å²) >= 11 is 0. The van der Waals surface area contributed by atoms with Crippen LogP contribution in [0.1, 0.15) is 71.1 Å². The standard InChI is InChI=1S/C13H27NO3/c1-2-3-4-5-6-7-8-9-10-11-13(15)12-14(16)17/h13,15H,2-12H2,1H3. The van der Waals surface area contributed by atoms with Crippen LogP contribution in [0, 0.1) is 10.1 Å². The zero-order valence-corrected chi connectivity index (χ0v) is 11.1. The number of hydrogen-bond acceptors (Lipinski definition) is 3. The molecule has 0 saturated carbocycles. The molecule has 1 N–H and O–H groups in total. The normalized spacial score (nSPS) is 12.6. The second kappa shape index (κ2) is 11.8. The minimum absolute atomic E-state index is 0.309. The van der Waals surface area contributed by atoms with Gasteiger partial charge < -0.3 is 5.11 Å². The molecule has 0 amide bonds. The molecular formula is C13H27NO3. The largest absolute Gasteiger partial charge is 0.386 e. The average molecular weight is 245 g/mol. The average Bonchev–Trinajstić information content (AvgIpc) is 2.26. The van der Waals surface area contributed by atoms with E-state index in [9.17, 15) is 15.2 Å². The summed E-state index contributed by atoms with van der Waals surface area (Å²) in [4.78, 5) is 9.67. The first-order chi connectivity index (χ1) is 8.16. The van der Waals surface area contributed by atoms with Gasteiger partial charge in [-0.25, -0.2) is 0 Å². The zero-order valence-electron chi connectivity index (χ0n) is 11.1. The number of nitro groups is 1. The number of aliphatic hydroxyl groups excluding tert-OH is 1. The second-order valence-electron chi connectivity index (χ2n) is 4.79. The molecular weight excluding hydrogens is 218 g/mol. The van der Waals surface area contributed by atoms with Crippen molar-refractivity contribution in [3.05, 3.63) is 10.1 Å². The van der Waals surface area contributed by atoms with Gasteiger partial charge in [-0.15, -0.1) is 0 Å². The second-order valence-corrected chi connectivity index (χ2v) is 4.79. The maximum Gasteiger partial charge on any atom is 0.229 e. The minimum atomic E-state index is -0.755. The minimum Gasteiger partial charge on any atom is -0.386 e. The molecule has 0 aromatic carbocycles. The summed E-state index contributed by atoms with van der Waals surface area (Å²) in [5.74, 6) is 0. The summed E-state index contributed by atoms with van der Waals surface area (Å²) in [6.45, 7) is 1.91. The molecule has 0 aromatic rings. The highest BCUT2D eigenvalue weighted by molar-refractivity contribution is 4.54. The van der Waals surface area contributed by atoms with Crippen LogP contribution < -0.4 is 0 Å². The predicted octanol–water partition coefficient (Wildman–Crippen LogP) is 3.54. The molecule has 4 heteroatoms. The lowest BCUT2D eigenvalue weighted by Gasteiger charge is -2.05. The Balaban J connectivity index is 3.10. The molecule has 102 valence electrons. The van der Waals surface area contributed by atoms with Gasteiger partial charge in [-0.2, -0.15) is 0 Å². The number of aliphatic hydroxyl groups is 1. The molecule has 0 heterocycles. The van der Waals surface area contributed by atoms with Crippen molar-refractivity contribution in [1.82, 2.24) is 0 Å². The molecule has 0 spiro atoms. The first-order valence-corrected chi connectivity index (χ1v) is 6.96. The van der Waals surface area contributed by atoms with Gasteiger partial charge in [0.25, 0.3) is 0 Å². The highest BCUT2D eigenvalue weighted by atomic mass is 16.6. The summed E-state index contributed by atoms with van der Waals surface area (Å²) in [5.41, 5.74) is 0. The third-order valence-electron chi connectivity index (χ3n) is 3.00. The number of hydrogen-bond donors (Lipinski definition) is 1. The van der Waals surface area contributed by atoms with Crippen LogP contribution in [-0.4, -0.2) is 22.7 Å². The Morgan fingerprint density at radius 3 is 1.94 bits per heavy atom. The van der Waals surface area contributed by atoms with Crippen molar-refractivity contribution in [2.45, 2.75) is 77.2 Å². The van der Waals surface area contributed by atoms with Gasteiger partial charge in [-0.05, 0) is 6.42 Å². The van der Waals surface area contributed by atoms with Crippen molar-refractivity contribution in [3.8, 4) is 0 Å². The summed E-state index contributed by atoms with van der Waals surface area (Å²) in [5, 5.41) is 19.4. The maximum absolute atomic E-state index is 10.1. The van der Waals surface area contributed by atoms with E-state index in [-0.39, 0.29) is 6.54 Å². The Labute approximate surface area is 105 Å². The molecule has 0 rings (SSSR count). The van der Waals surface area contributed by atoms with Crippen molar-refractivity contribution in [2.75, 3.05) is 6.54 Å². The lowest BCUT2D eigenvalue weighted by molar-refractivity contribution is -0.490.